The molecule has 2 atom stereocenters. The van der Waals surface area contributed by atoms with E-state index in [1.54, 1.807) is 14.2 Å². The third-order valence-corrected chi connectivity index (χ3v) is 7.79. The molecule has 176 valence electrons. The van der Waals surface area contributed by atoms with Gasteiger partial charge < -0.3 is 19.3 Å². The Morgan fingerprint density at radius 1 is 0.941 bits per heavy atom. The summed E-state index contributed by atoms with van der Waals surface area (Å²) < 4.78 is 11.1. The van der Waals surface area contributed by atoms with Crippen molar-refractivity contribution < 1.29 is 19.1 Å². The lowest BCUT2D eigenvalue weighted by Gasteiger charge is -2.32. The number of hydrogen-bond donors (Lipinski definition) is 0. The summed E-state index contributed by atoms with van der Waals surface area (Å²) in [5, 5.41) is 1.90. The second-order valence-electron chi connectivity index (χ2n) is 8.79. The number of likely N-dealkylation sites (tertiary alicyclic amines) is 1. The van der Waals surface area contributed by atoms with Gasteiger partial charge in [-0.15, -0.1) is 11.3 Å². The molecule has 1 saturated heterocycles. The molecule has 34 heavy (non-hydrogen) atoms. The van der Waals surface area contributed by atoms with Crippen molar-refractivity contribution in [2.75, 3.05) is 33.9 Å². The molecule has 0 saturated carbocycles. The van der Waals surface area contributed by atoms with Crippen molar-refractivity contribution in [3.8, 4) is 11.5 Å². The fraction of sp³-hybridized carbons (Fsp3) is 0.333. The summed E-state index contributed by atoms with van der Waals surface area (Å²) >= 11 is 1.43. The van der Waals surface area contributed by atoms with E-state index in [0.29, 0.717) is 42.6 Å². The summed E-state index contributed by atoms with van der Waals surface area (Å²) in [5.74, 6) is 0.941. The summed E-state index contributed by atoms with van der Waals surface area (Å²) in [6.45, 7) is 2.14. The Kier molecular flexibility index (Phi) is 6.28. The number of carbonyl (C=O) groups excluding carboxylic acids is 2. The van der Waals surface area contributed by atoms with Crippen LogP contribution in [0.15, 0.2) is 60.0 Å². The van der Waals surface area contributed by atoms with E-state index in [4.69, 9.17) is 9.47 Å². The molecule has 2 aliphatic rings. The summed E-state index contributed by atoms with van der Waals surface area (Å²) in [6.07, 6.45) is 0.847. The van der Waals surface area contributed by atoms with Crippen LogP contribution in [0, 0.1) is 5.92 Å². The molecule has 3 heterocycles. The molecular weight excluding hydrogens is 448 g/mol. The highest BCUT2D eigenvalue weighted by molar-refractivity contribution is 7.12. The van der Waals surface area contributed by atoms with E-state index in [1.807, 2.05) is 57.6 Å². The molecule has 7 heteroatoms. The normalized spacial score (nSPS) is 19.6. The van der Waals surface area contributed by atoms with Crippen LogP contribution in [0.3, 0.4) is 0 Å². The highest BCUT2D eigenvalue weighted by Gasteiger charge is 2.44. The number of methoxy groups -OCH3 is 2. The van der Waals surface area contributed by atoms with Gasteiger partial charge in [-0.25, -0.2) is 0 Å². The standard InChI is InChI=1S/C27H28N2O4S/c1-32-20-9-10-24(33-2)21(14-20)22-16-29(27(31)25-8-5-13-34-25)17-23(22)26(30)28-12-11-18-6-3-4-7-19(18)15-28/h3-10,13-14,22-23H,11-12,15-17H2,1-2H3. The van der Waals surface area contributed by atoms with Crippen molar-refractivity contribution in [3.63, 3.8) is 0 Å². The van der Waals surface area contributed by atoms with Crippen molar-refractivity contribution in [1.29, 1.82) is 0 Å². The van der Waals surface area contributed by atoms with E-state index in [2.05, 4.69) is 12.1 Å². The van der Waals surface area contributed by atoms with Crippen LogP contribution in [-0.2, 0) is 17.8 Å². The molecule has 6 nitrogen and oxygen atoms in total. The maximum absolute atomic E-state index is 13.9. The molecule has 0 aliphatic carbocycles. The van der Waals surface area contributed by atoms with E-state index in [0.717, 1.165) is 12.0 Å². The smallest absolute Gasteiger partial charge is 0.263 e. The number of nitrogens with zero attached hydrogens (tertiary/aromatic N) is 2. The second kappa shape index (κ2) is 9.50. The number of benzene rings is 2. The Morgan fingerprint density at radius 3 is 2.50 bits per heavy atom. The highest BCUT2D eigenvalue weighted by Crippen LogP contribution is 2.41. The van der Waals surface area contributed by atoms with Crippen LogP contribution in [0.1, 0.15) is 32.3 Å². The van der Waals surface area contributed by atoms with Gasteiger partial charge in [-0.3, -0.25) is 9.59 Å². The molecule has 2 aromatic carbocycles. The summed E-state index contributed by atoms with van der Waals surface area (Å²) in [5.41, 5.74) is 3.40. The monoisotopic (exact) mass is 476 g/mol. The molecule has 1 aromatic heterocycles. The van der Waals surface area contributed by atoms with Crippen LogP contribution < -0.4 is 9.47 Å². The lowest BCUT2D eigenvalue weighted by atomic mass is 9.86. The van der Waals surface area contributed by atoms with Crippen molar-refractivity contribution in [2.24, 2.45) is 5.92 Å². The highest BCUT2D eigenvalue weighted by atomic mass is 32.1. The van der Waals surface area contributed by atoms with Gasteiger partial charge in [0.25, 0.3) is 5.91 Å². The molecule has 2 amide bonds. The number of amides is 2. The summed E-state index contributed by atoms with van der Waals surface area (Å²) in [4.78, 5) is 31.6. The molecule has 2 unspecified atom stereocenters. The Labute approximate surface area is 203 Å². The zero-order valence-corrected chi connectivity index (χ0v) is 20.2. The summed E-state index contributed by atoms with van der Waals surface area (Å²) in [7, 11) is 3.26. The van der Waals surface area contributed by atoms with E-state index >= 15 is 0 Å². The van der Waals surface area contributed by atoms with E-state index < -0.39 is 0 Å². The molecule has 1 fully saturated rings. The zero-order valence-electron chi connectivity index (χ0n) is 19.4. The number of thiophene rings is 1. The Hall–Kier alpha value is -3.32. The number of fused-ring (bicyclic) bond motifs is 1. The third-order valence-electron chi connectivity index (χ3n) is 6.93. The van der Waals surface area contributed by atoms with Gasteiger partial charge in [0.2, 0.25) is 5.91 Å². The molecule has 0 radical (unpaired) electrons. The van der Waals surface area contributed by atoms with E-state index in [-0.39, 0.29) is 23.7 Å². The van der Waals surface area contributed by atoms with Crippen molar-refractivity contribution in [3.05, 3.63) is 81.5 Å². The average molecular weight is 477 g/mol. The molecule has 2 aliphatic heterocycles. The summed E-state index contributed by atoms with van der Waals surface area (Å²) in [6, 6.07) is 17.7. The van der Waals surface area contributed by atoms with Gasteiger partial charge in [0.05, 0.1) is 25.0 Å². The first kappa shape index (κ1) is 22.5. The lowest BCUT2D eigenvalue weighted by molar-refractivity contribution is -0.136. The van der Waals surface area contributed by atoms with Gasteiger partial charge >= 0.3 is 0 Å². The van der Waals surface area contributed by atoms with Gasteiger partial charge in [-0.2, -0.15) is 0 Å². The Balaban J connectivity index is 1.48. The SMILES string of the molecule is COc1ccc(OC)c(C2CN(C(=O)c3cccs3)CC2C(=O)N2CCc3ccccc3C2)c1. The zero-order chi connectivity index (χ0) is 23.7. The molecule has 5 rings (SSSR count). The van der Waals surface area contributed by atoms with Crippen LogP contribution >= 0.6 is 11.3 Å². The molecule has 0 bridgehead atoms. The predicted octanol–water partition coefficient (Wildman–Crippen LogP) is 4.21. The van der Waals surface area contributed by atoms with E-state index in [9.17, 15) is 9.59 Å². The minimum Gasteiger partial charge on any atom is -0.497 e. The molecule has 0 spiro atoms. The number of rotatable bonds is 5. The van der Waals surface area contributed by atoms with Crippen molar-refractivity contribution in [2.45, 2.75) is 18.9 Å². The van der Waals surface area contributed by atoms with Crippen LogP contribution in [0.5, 0.6) is 11.5 Å². The number of hydrogen-bond acceptors (Lipinski definition) is 5. The first-order valence-electron chi connectivity index (χ1n) is 11.5. The third kappa shape index (κ3) is 4.16. The fourth-order valence-corrected chi connectivity index (χ4v) is 5.83. The van der Waals surface area contributed by atoms with Gasteiger partial charge in [0.1, 0.15) is 11.5 Å². The Morgan fingerprint density at radius 2 is 1.76 bits per heavy atom. The number of carbonyl (C=O) groups is 2. The van der Waals surface area contributed by atoms with Gasteiger partial charge in [0.15, 0.2) is 0 Å². The largest absolute Gasteiger partial charge is 0.497 e. The predicted molar refractivity (Wildman–Crippen MR) is 132 cm³/mol. The lowest BCUT2D eigenvalue weighted by Crippen LogP contribution is -2.42. The first-order valence-corrected chi connectivity index (χ1v) is 12.4. The van der Waals surface area contributed by atoms with E-state index in [1.165, 1.54) is 22.5 Å². The molecule has 0 N–H and O–H groups in total. The van der Waals surface area contributed by atoms with Gasteiger partial charge in [0, 0.05) is 37.7 Å². The van der Waals surface area contributed by atoms with Gasteiger partial charge in [-0.05, 0) is 47.2 Å². The van der Waals surface area contributed by atoms with Gasteiger partial charge in [-0.1, -0.05) is 30.3 Å². The minimum atomic E-state index is -0.352. The quantitative estimate of drug-likeness (QED) is 0.554. The average Bonchev–Trinajstić information content (AvgIpc) is 3.58. The minimum absolute atomic E-state index is 0.0267. The van der Waals surface area contributed by atoms with Crippen LogP contribution in [0.4, 0.5) is 0 Å². The second-order valence-corrected chi connectivity index (χ2v) is 9.73. The topological polar surface area (TPSA) is 59.1 Å². The maximum Gasteiger partial charge on any atom is 0.263 e. The van der Waals surface area contributed by atoms with Crippen LogP contribution in [0.25, 0.3) is 0 Å². The van der Waals surface area contributed by atoms with Crippen LogP contribution in [-0.4, -0.2) is 55.5 Å². The molecule has 3 aromatic rings. The fourth-order valence-electron chi connectivity index (χ4n) is 5.14. The number of ether oxygens (including phenoxy) is 2. The van der Waals surface area contributed by atoms with Crippen molar-refractivity contribution >= 4 is 23.2 Å². The Bertz CT molecular complexity index is 1190. The molecular formula is C27H28N2O4S. The first-order chi connectivity index (χ1) is 16.6. The van der Waals surface area contributed by atoms with Crippen molar-refractivity contribution in [1.82, 2.24) is 9.80 Å². The maximum atomic E-state index is 13.9. The van der Waals surface area contributed by atoms with Crippen LogP contribution in [0.2, 0.25) is 0 Å².